The maximum atomic E-state index is 6.50. The van der Waals surface area contributed by atoms with Gasteiger partial charge in [-0.05, 0) is 44.7 Å². The smallest absolute Gasteiger partial charge is 0.178 e. The number of nitrogens with one attached hydrogen (secondary N) is 2. The van der Waals surface area contributed by atoms with Gasteiger partial charge in [0.25, 0.3) is 0 Å². The summed E-state index contributed by atoms with van der Waals surface area (Å²) < 4.78 is 2.03. The fourth-order valence-corrected chi connectivity index (χ4v) is 3.93. The van der Waals surface area contributed by atoms with E-state index in [0.29, 0.717) is 10.9 Å². The van der Waals surface area contributed by atoms with Gasteiger partial charge in [0.2, 0.25) is 0 Å². The molecule has 7 heteroatoms. The second-order valence-electron chi connectivity index (χ2n) is 7.22. The summed E-state index contributed by atoms with van der Waals surface area (Å²) in [5, 5.41) is 8.55. The molecule has 0 atom stereocenters. The van der Waals surface area contributed by atoms with E-state index in [0.717, 1.165) is 66.5 Å². The molecule has 4 heterocycles. The normalized spacial score (nSPS) is 18.9. The topological polar surface area (TPSA) is 71.4 Å². The average Bonchev–Trinajstić information content (AvgIpc) is 3.16. The van der Waals surface area contributed by atoms with Crippen LogP contribution in [0.2, 0.25) is 5.02 Å². The molecule has 25 heavy (non-hydrogen) atoms. The van der Waals surface area contributed by atoms with Crippen molar-refractivity contribution in [3.63, 3.8) is 0 Å². The van der Waals surface area contributed by atoms with Gasteiger partial charge < -0.3 is 10.3 Å². The van der Waals surface area contributed by atoms with Crippen LogP contribution in [0, 0.1) is 5.92 Å². The maximum absolute atomic E-state index is 6.50. The van der Waals surface area contributed by atoms with Crippen molar-refractivity contribution in [3.8, 4) is 11.1 Å². The molecule has 0 aromatic carbocycles. The number of aromatic amines is 1. The highest BCUT2D eigenvalue weighted by atomic mass is 35.5. The lowest BCUT2D eigenvalue weighted by Crippen LogP contribution is -2.27. The van der Waals surface area contributed by atoms with Crippen molar-refractivity contribution in [1.29, 1.82) is 0 Å². The summed E-state index contributed by atoms with van der Waals surface area (Å²) in [6.07, 6.45) is 10.5. The van der Waals surface area contributed by atoms with Crippen molar-refractivity contribution in [1.82, 2.24) is 30.0 Å². The van der Waals surface area contributed by atoms with Gasteiger partial charge in [-0.3, -0.25) is 4.68 Å². The zero-order valence-corrected chi connectivity index (χ0v) is 14.8. The van der Waals surface area contributed by atoms with Gasteiger partial charge >= 0.3 is 0 Å². The lowest BCUT2D eigenvalue weighted by atomic mass is 9.98. The third kappa shape index (κ3) is 2.93. The number of hydrogen-bond donors (Lipinski definition) is 2. The number of halogens is 1. The van der Waals surface area contributed by atoms with Crippen molar-refractivity contribution >= 4 is 22.8 Å². The third-order valence-corrected chi connectivity index (χ3v) is 5.57. The van der Waals surface area contributed by atoms with Gasteiger partial charge in [0.05, 0.1) is 16.7 Å². The summed E-state index contributed by atoms with van der Waals surface area (Å²) in [4.78, 5) is 12.7. The first-order valence-electron chi connectivity index (χ1n) is 9.05. The van der Waals surface area contributed by atoms with Crippen molar-refractivity contribution in [3.05, 3.63) is 29.4 Å². The fourth-order valence-electron chi connectivity index (χ4n) is 3.68. The van der Waals surface area contributed by atoms with Crippen LogP contribution in [0.15, 0.2) is 18.6 Å². The van der Waals surface area contributed by atoms with E-state index in [4.69, 9.17) is 16.6 Å². The zero-order valence-electron chi connectivity index (χ0n) is 14.0. The van der Waals surface area contributed by atoms with E-state index >= 15 is 0 Å². The number of hydrogen-bond acceptors (Lipinski definition) is 4. The summed E-state index contributed by atoms with van der Waals surface area (Å²) in [5.41, 5.74) is 3.65. The van der Waals surface area contributed by atoms with Gasteiger partial charge in [-0.1, -0.05) is 11.6 Å². The molecule has 3 aromatic heterocycles. The van der Waals surface area contributed by atoms with Crippen molar-refractivity contribution in [2.45, 2.75) is 38.1 Å². The molecule has 0 spiro atoms. The molecule has 2 fully saturated rings. The van der Waals surface area contributed by atoms with Gasteiger partial charge in [0, 0.05) is 36.0 Å². The summed E-state index contributed by atoms with van der Waals surface area (Å²) in [7, 11) is 0. The van der Waals surface area contributed by atoms with Crippen molar-refractivity contribution < 1.29 is 0 Å². The number of nitrogens with zero attached hydrogens (tertiary/aromatic N) is 4. The Hall–Kier alpha value is -1.92. The minimum absolute atomic E-state index is 0.458. The van der Waals surface area contributed by atoms with Gasteiger partial charge in [-0.25, -0.2) is 9.97 Å². The Morgan fingerprint density at radius 3 is 2.80 bits per heavy atom. The molecule has 6 nitrogen and oxygen atoms in total. The third-order valence-electron chi connectivity index (χ3n) is 5.28. The standard InChI is InChI=1S/C18H21ClN6/c19-14-8-21-18-16(23-17(24-18)12-3-5-20-6-4-12)15(14)13-7-22-25(10-13)9-11-1-2-11/h7-8,10-12,20H,1-6,9H2,(H,21,23,24). The first-order valence-corrected chi connectivity index (χ1v) is 9.43. The van der Waals surface area contributed by atoms with Crippen LogP contribution in [0.3, 0.4) is 0 Å². The quantitative estimate of drug-likeness (QED) is 0.752. The van der Waals surface area contributed by atoms with Gasteiger partial charge in [-0.15, -0.1) is 0 Å². The molecular weight excluding hydrogens is 336 g/mol. The van der Waals surface area contributed by atoms with Crippen molar-refractivity contribution in [2.24, 2.45) is 5.92 Å². The molecule has 0 radical (unpaired) electrons. The number of imidazole rings is 1. The van der Waals surface area contributed by atoms with Crippen LogP contribution in [0.1, 0.15) is 37.4 Å². The van der Waals surface area contributed by atoms with Crippen LogP contribution in [0.4, 0.5) is 0 Å². The molecule has 0 amide bonds. The maximum Gasteiger partial charge on any atom is 0.178 e. The van der Waals surface area contributed by atoms with E-state index < -0.39 is 0 Å². The summed E-state index contributed by atoms with van der Waals surface area (Å²) in [5.74, 6) is 2.27. The van der Waals surface area contributed by atoms with E-state index in [1.54, 1.807) is 6.20 Å². The Kier molecular flexibility index (Phi) is 3.75. The Bertz CT molecular complexity index is 904. The largest absolute Gasteiger partial charge is 0.340 e. The molecular formula is C18H21ClN6. The minimum atomic E-state index is 0.458. The zero-order chi connectivity index (χ0) is 16.8. The number of piperidine rings is 1. The van der Waals surface area contributed by atoms with E-state index in [9.17, 15) is 0 Å². The van der Waals surface area contributed by atoms with Crippen LogP contribution < -0.4 is 5.32 Å². The predicted octanol–water partition coefficient (Wildman–Crippen LogP) is 3.35. The number of pyridine rings is 1. The van der Waals surface area contributed by atoms with Gasteiger partial charge in [-0.2, -0.15) is 5.10 Å². The number of H-pyrrole nitrogens is 1. The van der Waals surface area contributed by atoms with Crippen LogP contribution in [-0.4, -0.2) is 37.8 Å². The highest BCUT2D eigenvalue weighted by molar-refractivity contribution is 6.34. The Labute approximate surface area is 151 Å². The van der Waals surface area contributed by atoms with Crippen LogP contribution in [-0.2, 0) is 6.54 Å². The number of aromatic nitrogens is 5. The molecule has 1 saturated carbocycles. The molecule has 1 saturated heterocycles. The van der Waals surface area contributed by atoms with E-state index in [1.807, 2.05) is 10.9 Å². The number of fused-ring (bicyclic) bond motifs is 1. The Morgan fingerprint density at radius 1 is 1.16 bits per heavy atom. The molecule has 0 unspecified atom stereocenters. The lowest BCUT2D eigenvalue weighted by molar-refractivity contribution is 0.448. The molecule has 130 valence electrons. The molecule has 5 rings (SSSR count). The minimum Gasteiger partial charge on any atom is -0.340 e. The molecule has 1 aliphatic heterocycles. The second-order valence-corrected chi connectivity index (χ2v) is 7.63. The van der Waals surface area contributed by atoms with E-state index in [1.165, 1.54) is 12.8 Å². The van der Waals surface area contributed by atoms with Crippen LogP contribution in [0.5, 0.6) is 0 Å². The summed E-state index contributed by atoms with van der Waals surface area (Å²) in [6.45, 7) is 3.07. The highest BCUT2D eigenvalue weighted by Gasteiger charge is 2.24. The molecule has 2 N–H and O–H groups in total. The monoisotopic (exact) mass is 356 g/mol. The summed E-state index contributed by atoms with van der Waals surface area (Å²) in [6, 6.07) is 0. The molecule has 3 aromatic rings. The van der Waals surface area contributed by atoms with Crippen LogP contribution in [0.25, 0.3) is 22.3 Å². The molecule has 0 bridgehead atoms. The first kappa shape index (κ1) is 15.3. The lowest BCUT2D eigenvalue weighted by Gasteiger charge is -2.20. The predicted molar refractivity (Wildman–Crippen MR) is 97.7 cm³/mol. The molecule has 1 aliphatic carbocycles. The van der Waals surface area contributed by atoms with Gasteiger partial charge in [0.15, 0.2) is 5.65 Å². The van der Waals surface area contributed by atoms with Gasteiger partial charge in [0.1, 0.15) is 5.82 Å². The SMILES string of the molecule is Clc1cnc2nc(C3CCNCC3)[nH]c2c1-c1cnn(CC2CC2)c1. The molecule has 2 aliphatic rings. The van der Waals surface area contributed by atoms with Crippen LogP contribution >= 0.6 is 11.6 Å². The Morgan fingerprint density at radius 2 is 2.00 bits per heavy atom. The van der Waals surface area contributed by atoms with E-state index in [2.05, 4.69) is 26.6 Å². The summed E-state index contributed by atoms with van der Waals surface area (Å²) >= 11 is 6.50. The Balaban J connectivity index is 1.55. The second kappa shape index (κ2) is 6.11. The van der Waals surface area contributed by atoms with E-state index in [-0.39, 0.29) is 0 Å². The van der Waals surface area contributed by atoms with Crippen molar-refractivity contribution in [2.75, 3.05) is 13.1 Å². The number of rotatable bonds is 4. The first-order chi connectivity index (χ1) is 12.3. The average molecular weight is 357 g/mol. The fraction of sp³-hybridized carbons (Fsp3) is 0.500. The highest BCUT2D eigenvalue weighted by Crippen LogP contribution is 2.35.